The highest BCUT2D eigenvalue weighted by atomic mass is 16.5. The van der Waals surface area contributed by atoms with Crippen molar-refractivity contribution in [3.63, 3.8) is 0 Å². The number of fused-ring (bicyclic) bond motifs is 1. The van der Waals surface area contributed by atoms with Gasteiger partial charge in [-0.15, -0.1) is 0 Å². The van der Waals surface area contributed by atoms with Crippen molar-refractivity contribution >= 4 is 10.8 Å². The molecule has 2 N–H and O–H groups in total. The summed E-state index contributed by atoms with van der Waals surface area (Å²) in [7, 11) is 0. The molecule has 0 fully saturated rings. The fraction of sp³-hybridized carbons (Fsp3) is 0.375. The average molecular weight is 275 g/mol. The largest absolute Gasteiger partial charge is 0.492 e. The molecule has 4 nitrogen and oxygen atoms in total. The maximum absolute atomic E-state index is 8.93. The van der Waals surface area contributed by atoms with Gasteiger partial charge in [0.15, 0.2) is 0 Å². The standard InChI is InChI=1S/C16H21NO3/c18-10-7-17(8-11-19)9-12-20-16-6-5-14-3-1-2-4-15(14)13-16/h1-6,13,18-19H,7-12H2. The van der Waals surface area contributed by atoms with Crippen LogP contribution >= 0.6 is 0 Å². The van der Waals surface area contributed by atoms with Crippen molar-refractivity contribution in [3.05, 3.63) is 42.5 Å². The van der Waals surface area contributed by atoms with E-state index in [9.17, 15) is 0 Å². The van der Waals surface area contributed by atoms with Gasteiger partial charge in [-0.1, -0.05) is 30.3 Å². The quantitative estimate of drug-likeness (QED) is 0.766. The Labute approximate surface area is 119 Å². The van der Waals surface area contributed by atoms with E-state index < -0.39 is 0 Å². The molecule has 2 rings (SSSR count). The van der Waals surface area contributed by atoms with Crippen molar-refractivity contribution in [2.75, 3.05) is 39.5 Å². The molecular weight excluding hydrogens is 254 g/mol. The van der Waals surface area contributed by atoms with E-state index in [1.165, 1.54) is 5.39 Å². The Balaban J connectivity index is 1.88. The third-order valence-electron chi connectivity index (χ3n) is 3.23. The molecule has 0 radical (unpaired) electrons. The van der Waals surface area contributed by atoms with Crippen LogP contribution in [0, 0.1) is 0 Å². The average Bonchev–Trinajstić information content (AvgIpc) is 2.47. The van der Waals surface area contributed by atoms with Crippen LogP contribution in [0.3, 0.4) is 0 Å². The van der Waals surface area contributed by atoms with Crippen LogP contribution in [0.5, 0.6) is 5.75 Å². The summed E-state index contributed by atoms with van der Waals surface area (Å²) in [6.07, 6.45) is 0. The van der Waals surface area contributed by atoms with Crippen LogP contribution in [0.15, 0.2) is 42.5 Å². The van der Waals surface area contributed by atoms with Gasteiger partial charge in [-0.05, 0) is 22.9 Å². The van der Waals surface area contributed by atoms with Gasteiger partial charge < -0.3 is 14.9 Å². The predicted molar refractivity (Wildman–Crippen MR) is 80.1 cm³/mol. The lowest BCUT2D eigenvalue weighted by Gasteiger charge is -2.20. The molecule has 2 aromatic rings. The summed E-state index contributed by atoms with van der Waals surface area (Å²) in [6, 6.07) is 14.2. The van der Waals surface area contributed by atoms with Gasteiger partial charge in [0.25, 0.3) is 0 Å². The minimum Gasteiger partial charge on any atom is -0.492 e. The molecule has 0 aliphatic heterocycles. The minimum atomic E-state index is 0.0932. The Morgan fingerprint density at radius 3 is 2.25 bits per heavy atom. The Hall–Kier alpha value is -1.62. The van der Waals surface area contributed by atoms with Crippen LogP contribution < -0.4 is 4.74 Å². The summed E-state index contributed by atoms with van der Waals surface area (Å²) in [5, 5.41) is 20.2. The number of ether oxygens (including phenoxy) is 1. The lowest BCUT2D eigenvalue weighted by molar-refractivity contribution is 0.141. The van der Waals surface area contributed by atoms with Crippen molar-refractivity contribution in [1.82, 2.24) is 4.90 Å². The van der Waals surface area contributed by atoms with E-state index in [1.807, 2.05) is 35.2 Å². The van der Waals surface area contributed by atoms with E-state index in [2.05, 4.69) is 12.1 Å². The first-order valence-corrected chi connectivity index (χ1v) is 6.89. The molecular formula is C16H21NO3. The summed E-state index contributed by atoms with van der Waals surface area (Å²) in [5.41, 5.74) is 0. The molecule has 0 unspecified atom stereocenters. The zero-order valence-corrected chi connectivity index (χ0v) is 11.5. The first-order chi connectivity index (χ1) is 9.83. The molecule has 20 heavy (non-hydrogen) atoms. The third-order valence-corrected chi connectivity index (χ3v) is 3.23. The molecule has 2 aromatic carbocycles. The van der Waals surface area contributed by atoms with Crippen LogP contribution in [-0.4, -0.2) is 54.6 Å². The highest BCUT2D eigenvalue weighted by Gasteiger charge is 2.04. The molecule has 0 bridgehead atoms. The zero-order valence-electron chi connectivity index (χ0n) is 11.5. The van der Waals surface area contributed by atoms with E-state index in [-0.39, 0.29) is 13.2 Å². The second-order valence-corrected chi connectivity index (χ2v) is 4.65. The fourth-order valence-electron chi connectivity index (χ4n) is 2.17. The summed E-state index contributed by atoms with van der Waals surface area (Å²) in [6.45, 7) is 2.53. The lowest BCUT2D eigenvalue weighted by atomic mass is 10.1. The second kappa shape index (κ2) is 7.85. The predicted octanol–water partition coefficient (Wildman–Crippen LogP) is 1.51. The Kier molecular flexibility index (Phi) is 5.80. The lowest BCUT2D eigenvalue weighted by Crippen LogP contribution is -2.33. The molecule has 0 spiro atoms. The number of aliphatic hydroxyl groups is 2. The molecule has 0 heterocycles. The molecule has 0 saturated carbocycles. The summed E-state index contributed by atoms with van der Waals surface area (Å²) in [4.78, 5) is 1.97. The van der Waals surface area contributed by atoms with E-state index in [0.717, 1.165) is 11.1 Å². The van der Waals surface area contributed by atoms with Crippen molar-refractivity contribution in [1.29, 1.82) is 0 Å². The first kappa shape index (κ1) is 14.8. The van der Waals surface area contributed by atoms with Gasteiger partial charge in [-0.3, -0.25) is 4.90 Å². The van der Waals surface area contributed by atoms with Crippen LogP contribution in [0.2, 0.25) is 0 Å². The fourth-order valence-corrected chi connectivity index (χ4v) is 2.17. The molecule has 108 valence electrons. The number of aliphatic hydroxyl groups excluding tert-OH is 2. The topological polar surface area (TPSA) is 52.9 Å². The van der Waals surface area contributed by atoms with Crippen molar-refractivity contribution < 1.29 is 14.9 Å². The van der Waals surface area contributed by atoms with Crippen LogP contribution in [0.4, 0.5) is 0 Å². The van der Waals surface area contributed by atoms with Gasteiger partial charge in [0.2, 0.25) is 0 Å². The highest BCUT2D eigenvalue weighted by Crippen LogP contribution is 2.20. The van der Waals surface area contributed by atoms with Gasteiger partial charge in [0.05, 0.1) is 13.2 Å². The van der Waals surface area contributed by atoms with Crippen molar-refractivity contribution in [2.45, 2.75) is 0 Å². The Bertz CT molecular complexity index is 524. The van der Waals surface area contributed by atoms with E-state index in [0.29, 0.717) is 26.2 Å². The molecule has 0 amide bonds. The Morgan fingerprint density at radius 2 is 1.55 bits per heavy atom. The molecule has 0 atom stereocenters. The summed E-state index contributed by atoms with van der Waals surface area (Å²) < 4.78 is 5.73. The number of rotatable bonds is 8. The molecule has 4 heteroatoms. The maximum Gasteiger partial charge on any atom is 0.120 e. The number of hydrogen-bond donors (Lipinski definition) is 2. The van der Waals surface area contributed by atoms with Gasteiger partial charge in [-0.2, -0.15) is 0 Å². The highest BCUT2D eigenvalue weighted by molar-refractivity contribution is 5.83. The number of nitrogens with zero attached hydrogens (tertiary/aromatic N) is 1. The second-order valence-electron chi connectivity index (χ2n) is 4.65. The number of hydrogen-bond acceptors (Lipinski definition) is 4. The third kappa shape index (κ3) is 4.20. The molecule has 0 aliphatic carbocycles. The summed E-state index contributed by atoms with van der Waals surface area (Å²) in [5.74, 6) is 0.844. The van der Waals surface area contributed by atoms with Crippen LogP contribution in [-0.2, 0) is 0 Å². The molecule has 0 aliphatic rings. The number of benzene rings is 2. The van der Waals surface area contributed by atoms with Gasteiger partial charge in [0.1, 0.15) is 12.4 Å². The Morgan fingerprint density at radius 1 is 0.850 bits per heavy atom. The smallest absolute Gasteiger partial charge is 0.120 e. The minimum absolute atomic E-state index is 0.0932. The maximum atomic E-state index is 8.93. The van der Waals surface area contributed by atoms with Crippen LogP contribution in [0.25, 0.3) is 10.8 Å². The van der Waals surface area contributed by atoms with Gasteiger partial charge in [-0.25, -0.2) is 0 Å². The SMILES string of the molecule is OCCN(CCO)CCOc1ccc2ccccc2c1. The van der Waals surface area contributed by atoms with Gasteiger partial charge in [0, 0.05) is 19.6 Å². The van der Waals surface area contributed by atoms with E-state index in [1.54, 1.807) is 0 Å². The first-order valence-electron chi connectivity index (χ1n) is 6.89. The normalized spacial score (nSPS) is 11.2. The van der Waals surface area contributed by atoms with Crippen LogP contribution in [0.1, 0.15) is 0 Å². The van der Waals surface area contributed by atoms with Gasteiger partial charge >= 0.3 is 0 Å². The molecule has 0 aromatic heterocycles. The van der Waals surface area contributed by atoms with Crippen molar-refractivity contribution in [2.24, 2.45) is 0 Å². The van der Waals surface area contributed by atoms with E-state index in [4.69, 9.17) is 14.9 Å². The summed E-state index contributed by atoms with van der Waals surface area (Å²) >= 11 is 0. The molecule has 0 saturated heterocycles. The monoisotopic (exact) mass is 275 g/mol. The van der Waals surface area contributed by atoms with E-state index >= 15 is 0 Å². The zero-order chi connectivity index (χ0) is 14.2. The van der Waals surface area contributed by atoms with Crippen molar-refractivity contribution in [3.8, 4) is 5.75 Å².